The molecular weight excluding hydrogens is 296 g/mol. The van der Waals surface area contributed by atoms with Gasteiger partial charge in [-0.3, -0.25) is 4.79 Å². The lowest BCUT2D eigenvalue weighted by molar-refractivity contribution is -0.151. The lowest BCUT2D eigenvalue weighted by atomic mass is 10.2. The Kier molecular flexibility index (Phi) is 8.11. The molecule has 0 saturated carbocycles. The topological polar surface area (TPSA) is 67.9 Å². The number of carbonyl (C=O) groups excluding carboxylic acids is 2. The van der Waals surface area contributed by atoms with E-state index >= 15 is 0 Å². The third-order valence-electron chi connectivity index (χ3n) is 3.24. The fourth-order valence-corrected chi connectivity index (χ4v) is 2.15. The molecule has 6 heteroatoms. The summed E-state index contributed by atoms with van der Waals surface area (Å²) >= 11 is 0. The van der Waals surface area contributed by atoms with Crippen molar-refractivity contribution in [2.24, 2.45) is 0 Å². The first-order chi connectivity index (χ1) is 11.0. The molecule has 0 saturated heterocycles. The lowest BCUT2D eigenvalue weighted by Crippen LogP contribution is -2.30. The number of hydrogen-bond donors (Lipinski definition) is 1. The number of anilines is 2. The van der Waals surface area contributed by atoms with Crippen molar-refractivity contribution in [3.8, 4) is 0 Å². The van der Waals surface area contributed by atoms with Gasteiger partial charge in [-0.05, 0) is 52.0 Å². The van der Waals surface area contributed by atoms with Crippen LogP contribution in [0.15, 0.2) is 24.3 Å². The highest BCUT2D eigenvalue weighted by molar-refractivity contribution is 5.93. The van der Waals surface area contributed by atoms with Gasteiger partial charge in [0.1, 0.15) is 6.61 Å². The summed E-state index contributed by atoms with van der Waals surface area (Å²) in [6.45, 7) is 9.04. The van der Waals surface area contributed by atoms with Crippen molar-refractivity contribution in [2.45, 2.75) is 33.7 Å². The van der Waals surface area contributed by atoms with Gasteiger partial charge in [-0.15, -0.1) is 0 Å². The summed E-state index contributed by atoms with van der Waals surface area (Å²) in [6.07, 6.45) is 0. The van der Waals surface area contributed by atoms with Crippen molar-refractivity contribution in [1.82, 2.24) is 0 Å². The Bertz CT molecular complexity index is 500. The first kappa shape index (κ1) is 19.0. The minimum atomic E-state index is -0.548. The second kappa shape index (κ2) is 9.84. The third kappa shape index (κ3) is 6.69. The Hall–Kier alpha value is -2.08. The van der Waals surface area contributed by atoms with Crippen LogP contribution in [0.3, 0.4) is 0 Å². The molecule has 1 amide bonds. The van der Waals surface area contributed by atoms with E-state index in [4.69, 9.17) is 9.47 Å². The Labute approximate surface area is 137 Å². The molecular formula is C17H26N2O4. The molecule has 0 unspecified atom stereocenters. The Morgan fingerprint density at radius 1 is 1.13 bits per heavy atom. The van der Waals surface area contributed by atoms with Crippen LogP contribution in [0.4, 0.5) is 11.4 Å². The predicted molar refractivity (Wildman–Crippen MR) is 90.7 cm³/mol. The average Bonchev–Trinajstić information content (AvgIpc) is 2.53. The standard InChI is InChI=1S/C17H26N2O4/c1-5-19(13(3)4)15-9-7-14(8-10-15)18-16(20)11-23-17(21)12-22-6-2/h7-10,13H,5-6,11-12H2,1-4H3,(H,18,20). The maximum atomic E-state index is 11.7. The van der Waals surface area contributed by atoms with Crippen LogP contribution in [0.2, 0.25) is 0 Å². The number of carbonyl (C=O) groups is 2. The van der Waals surface area contributed by atoms with Crippen LogP contribution < -0.4 is 10.2 Å². The van der Waals surface area contributed by atoms with Gasteiger partial charge in [0, 0.05) is 30.6 Å². The molecule has 1 aromatic carbocycles. The van der Waals surface area contributed by atoms with Crippen molar-refractivity contribution < 1.29 is 19.1 Å². The highest BCUT2D eigenvalue weighted by Crippen LogP contribution is 2.19. The number of ether oxygens (including phenoxy) is 2. The highest BCUT2D eigenvalue weighted by Gasteiger charge is 2.10. The summed E-state index contributed by atoms with van der Waals surface area (Å²) in [5.74, 6) is -0.924. The number of rotatable bonds is 9. The summed E-state index contributed by atoms with van der Waals surface area (Å²) in [6, 6.07) is 7.99. The average molecular weight is 322 g/mol. The van der Waals surface area contributed by atoms with Crippen LogP contribution in [0.25, 0.3) is 0 Å². The van der Waals surface area contributed by atoms with Crippen LogP contribution in [0.5, 0.6) is 0 Å². The van der Waals surface area contributed by atoms with Gasteiger partial charge in [0.25, 0.3) is 5.91 Å². The minimum absolute atomic E-state index is 0.138. The van der Waals surface area contributed by atoms with Crippen molar-refractivity contribution in [2.75, 3.05) is 36.6 Å². The molecule has 0 atom stereocenters. The monoisotopic (exact) mass is 322 g/mol. The molecule has 1 rings (SSSR count). The highest BCUT2D eigenvalue weighted by atomic mass is 16.6. The number of amides is 1. The quantitative estimate of drug-likeness (QED) is 0.707. The smallest absolute Gasteiger partial charge is 0.332 e. The second-order valence-electron chi connectivity index (χ2n) is 5.27. The molecule has 0 aliphatic carbocycles. The van der Waals surface area contributed by atoms with Crippen LogP contribution in [-0.4, -0.2) is 44.3 Å². The van der Waals surface area contributed by atoms with Gasteiger partial charge in [0.15, 0.2) is 6.61 Å². The maximum absolute atomic E-state index is 11.7. The van der Waals surface area contributed by atoms with Gasteiger partial charge in [-0.25, -0.2) is 4.79 Å². The van der Waals surface area contributed by atoms with Gasteiger partial charge in [-0.1, -0.05) is 0 Å². The molecule has 0 aromatic heterocycles. The van der Waals surface area contributed by atoms with E-state index < -0.39 is 5.97 Å². The van der Waals surface area contributed by atoms with Crippen LogP contribution in [0, 0.1) is 0 Å². The van der Waals surface area contributed by atoms with Gasteiger partial charge >= 0.3 is 5.97 Å². The summed E-state index contributed by atoms with van der Waals surface area (Å²) in [5, 5.41) is 2.69. The van der Waals surface area contributed by atoms with E-state index in [2.05, 4.69) is 31.0 Å². The number of nitrogens with one attached hydrogen (secondary N) is 1. The molecule has 6 nitrogen and oxygen atoms in total. The predicted octanol–water partition coefficient (Wildman–Crippen LogP) is 2.44. The van der Waals surface area contributed by atoms with Crippen molar-refractivity contribution in [3.63, 3.8) is 0 Å². The van der Waals surface area contributed by atoms with Crippen molar-refractivity contribution in [3.05, 3.63) is 24.3 Å². The molecule has 0 fully saturated rings. The molecule has 0 heterocycles. The SMILES string of the molecule is CCOCC(=O)OCC(=O)Nc1ccc(N(CC)C(C)C)cc1. The Balaban J connectivity index is 2.48. The zero-order valence-corrected chi connectivity index (χ0v) is 14.3. The van der Waals surface area contributed by atoms with Gasteiger partial charge < -0.3 is 19.7 Å². The first-order valence-electron chi connectivity index (χ1n) is 7.87. The van der Waals surface area contributed by atoms with Crippen molar-refractivity contribution in [1.29, 1.82) is 0 Å². The van der Waals surface area contributed by atoms with E-state index in [1.54, 1.807) is 6.92 Å². The molecule has 1 aromatic rings. The van der Waals surface area contributed by atoms with E-state index in [0.29, 0.717) is 18.3 Å². The fraction of sp³-hybridized carbons (Fsp3) is 0.529. The molecule has 0 aliphatic rings. The summed E-state index contributed by atoms with van der Waals surface area (Å²) < 4.78 is 9.71. The van der Waals surface area contributed by atoms with Crippen LogP contribution in [0.1, 0.15) is 27.7 Å². The summed E-state index contributed by atoms with van der Waals surface area (Å²) in [7, 11) is 0. The molecule has 1 N–H and O–H groups in total. The molecule has 0 bridgehead atoms. The van der Waals surface area contributed by atoms with E-state index in [9.17, 15) is 9.59 Å². The van der Waals surface area contributed by atoms with E-state index in [0.717, 1.165) is 12.2 Å². The lowest BCUT2D eigenvalue weighted by Gasteiger charge is -2.27. The fourth-order valence-electron chi connectivity index (χ4n) is 2.15. The molecule has 128 valence electrons. The summed E-state index contributed by atoms with van der Waals surface area (Å²) in [4.78, 5) is 25.2. The van der Waals surface area contributed by atoms with Gasteiger partial charge in [0.2, 0.25) is 0 Å². The third-order valence-corrected chi connectivity index (χ3v) is 3.24. The first-order valence-corrected chi connectivity index (χ1v) is 7.87. The van der Waals surface area contributed by atoms with Crippen LogP contribution >= 0.6 is 0 Å². The van der Waals surface area contributed by atoms with E-state index in [1.807, 2.05) is 24.3 Å². The summed E-state index contributed by atoms with van der Waals surface area (Å²) in [5.41, 5.74) is 1.77. The molecule has 0 aliphatic heterocycles. The molecule has 0 radical (unpaired) electrons. The zero-order valence-electron chi connectivity index (χ0n) is 14.3. The van der Waals surface area contributed by atoms with E-state index in [-0.39, 0.29) is 19.1 Å². The minimum Gasteiger partial charge on any atom is -0.454 e. The Morgan fingerprint density at radius 3 is 2.30 bits per heavy atom. The van der Waals surface area contributed by atoms with Crippen LogP contribution in [-0.2, 0) is 19.1 Å². The maximum Gasteiger partial charge on any atom is 0.332 e. The van der Waals surface area contributed by atoms with Crippen molar-refractivity contribution >= 4 is 23.3 Å². The zero-order chi connectivity index (χ0) is 17.2. The number of benzene rings is 1. The number of hydrogen-bond acceptors (Lipinski definition) is 5. The van der Waals surface area contributed by atoms with Gasteiger partial charge in [0.05, 0.1) is 0 Å². The second-order valence-corrected chi connectivity index (χ2v) is 5.27. The molecule has 23 heavy (non-hydrogen) atoms. The number of nitrogens with zero attached hydrogens (tertiary/aromatic N) is 1. The largest absolute Gasteiger partial charge is 0.454 e. The Morgan fingerprint density at radius 2 is 1.78 bits per heavy atom. The van der Waals surface area contributed by atoms with E-state index in [1.165, 1.54) is 0 Å². The normalized spacial score (nSPS) is 10.5. The molecule has 0 spiro atoms. The van der Waals surface area contributed by atoms with Gasteiger partial charge in [-0.2, -0.15) is 0 Å². The number of esters is 1.